The summed E-state index contributed by atoms with van der Waals surface area (Å²) >= 11 is 0. The molecule has 1 saturated heterocycles. The van der Waals surface area contributed by atoms with Gasteiger partial charge < -0.3 is 10.2 Å². The van der Waals surface area contributed by atoms with Gasteiger partial charge in [-0.1, -0.05) is 6.92 Å². The van der Waals surface area contributed by atoms with Gasteiger partial charge in [-0.3, -0.25) is 9.80 Å². The molecule has 18 heavy (non-hydrogen) atoms. The van der Waals surface area contributed by atoms with Crippen LogP contribution in [0.4, 0.5) is 0 Å². The fraction of sp³-hybridized carbons (Fsp3) is 0.714. The van der Waals surface area contributed by atoms with Gasteiger partial charge in [0.05, 0.1) is 12.8 Å². The number of nitrogens with zero attached hydrogens (tertiary/aromatic N) is 2. The summed E-state index contributed by atoms with van der Waals surface area (Å²) < 4.78 is 5.37. The van der Waals surface area contributed by atoms with Crippen LogP contribution in [0.1, 0.15) is 31.6 Å². The molecule has 0 saturated carbocycles. The summed E-state index contributed by atoms with van der Waals surface area (Å²) in [5.74, 6) is 0.930. The molecular formula is C14H25N3O. The zero-order valence-corrected chi connectivity index (χ0v) is 11.6. The molecule has 0 aliphatic carbocycles. The van der Waals surface area contributed by atoms with Crippen LogP contribution in [0.25, 0.3) is 0 Å². The third kappa shape index (κ3) is 3.13. The lowest BCUT2D eigenvalue weighted by Crippen LogP contribution is -2.49. The normalized spacial score (nSPS) is 20.2. The highest BCUT2D eigenvalue weighted by Crippen LogP contribution is 2.15. The Hall–Kier alpha value is -0.840. The van der Waals surface area contributed by atoms with E-state index >= 15 is 0 Å². The molecule has 1 aliphatic rings. The van der Waals surface area contributed by atoms with Crippen LogP contribution in [0.15, 0.2) is 16.7 Å². The van der Waals surface area contributed by atoms with E-state index in [-0.39, 0.29) is 0 Å². The van der Waals surface area contributed by atoms with Crippen LogP contribution in [-0.4, -0.2) is 42.0 Å². The zero-order valence-electron chi connectivity index (χ0n) is 11.6. The molecule has 2 rings (SSSR count). The maximum Gasteiger partial charge on any atom is 0.121 e. The molecule has 2 heterocycles. The molecule has 0 radical (unpaired) electrons. The van der Waals surface area contributed by atoms with Crippen molar-refractivity contribution < 1.29 is 4.42 Å². The molecule has 0 bridgehead atoms. The summed E-state index contributed by atoms with van der Waals surface area (Å²) in [6, 6.07) is 2.75. The second-order valence-electron chi connectivity index (χ2n) is 5.14. The third-order valence-corrected chi connectivity index (χ3v) is 4.04. The molecule has 0 aromatic carbocycles. The lowest BCUT2D eigenvalue weighted by atomic mass is 10.1. The monoisotopic (exact) mass is 251 g/mol. The van der Waals surface area contributed by atoms with E-state index in [9.17, 15) is 0 Å². The molecule has 1 fully saturated rings. The first-order valence-corrected chi connectivity index (χ1v) is 6.96. The summed E-state index contributed by atoms with van der Waals surface area (Å²) in [5, 5.41) is 0. The number of furan rings is 1. The molecule has 1 unspecified atom stereocenters. The van der Waals surface area contributed by atoms with Crippen molar-refractivity contribution in [3.05, 3.63) is 23.7 Å². The molecule has 2 N–H and O–H groups in total. The fourth-order valence-corrected chi connectivity index (χ4v) is 2.55. The maximum atomic E-state index is 5.66. The Balaban J connectivity index is 1.83. The first-order chi connectivity index (χ1) is 8.74. The maximum absolute atomic E-state index is 5.66. The van der Waals surface area contributed by atoms with Crippen LogP contribution in [-0.2, 0) is 13.1 Å². The fourth-order valence-electron chi connectivity index (χ4n) is 2.55. The van der Waals surface area contributed by atoms with E-state index in [1.54, 1.807) is 6.26 Å². The van der Waals surface area contributed by atoms with E-state index in [1.165, 1.54) is 25.1 Å². The third-order valence-electron chi connectivity index (χ3n) is 4.04. The van der Waals surface area contributed by atoms with Gasteiger partial charge in [0, 0.05) is 44.3 Å². The van der Waals surface area contributed by atoms with E-state index in [4.69, 9.17) is 10.2 Å². The molecular weight excluding hydrogens is 226 g/mol. The molecule has 1 aliphatic heterocycles. The molecule has 1 atom stereocenters. The van der Waals surface area contributed by atoms with Crippen LogP contribution in [0, 0.1) is 0 Å². The van der Waals surface area contributed by atoms with Gasteiger partial charge in [-0.05, 0) is 19.4 Å². The average molecular weight is 251 g/mol. The minimum absolute atomic E-state index is 0.495. The predicted molar refractivity (Wildman–Crippen MR) is 73.2 cm³/mol. The van der Waals surface area contributed by atoms with Crippen LogP contribution < -0.4 is 5.73 Å². The predicted octanol–water partition coefficient (Wildman–Crippen LogP) is 1.65. The number of hydrogen-bond acceptors (Lipinski definition) is 4. The standard InChI is InChI=1S/C14H25N3O/c1-3-12(2)17-7-5-16(6-8-17)11-13-4-9-18-14(13)10-15/h4,9,12H,3,5-8,10-11,15H2,1-2H3. The highest BCUT2D eigenvalue weighted by atomic mass is 16.3. The summed E-state index contributed by atoms with van der Waals surface area (Å²) in [7, 11) is 0. The van der Waals surface area contributed by atoms with Gasteiger partial charge in [-0.15, -0.1) is 0 Å². The smallest absolute Gasteiger partial charge is 0.121 e. The Morgan fingerprint density at radius 3 is 2.67 bits per heavy atom. The summed E-state index contributed by atoms with van der Waals surface area (Å²) in [6.07, 6.45) is 2.98. The van der Waals surface area contributed by atoms with Gasteiger partial charge >= 0.3 is 0 Å². The van der Waals surface area contributed by atoms with Gasteiger partial charge in [-0.25, -0.2) is 0 Å². The summed E-state index contributed by atoms with van der Waals surface area (Å²) in [4.78, 5) is 5.07. The Morgan fingerprint density at radius 1 is 1.33 bits per heavy atom. The molecule has 0 spiro atoms. The molecule has 0 amide bonds. The SMILES string of the molecule is CCC(C)N1CCN(Cc2ccoc2CN)CC1. The molecule has 102 valence electrons. The molecule has 4 nitrogen and oxygen atoms in total. The van der Waals surface area contributed by atoms with E-state index in [0.717, 1.165) is 25.4 Å². The van der Waals surface area contributed by atoms with Crippen molar-refractivity contribution in [3.8, 4) is 0 Å². The second-order valence-corrected chi connectivity index (χ2v) is 5.14. The Morgan fingerprint density at radius 2 is 2.06 bits per heavy atom. The van der Waals surface area contributed by atoms with Crippen molar-refractivity contribution in [3.63, 3.8) is 0 Å². The lowest BCUT2D eigenvalue weighted by molar-refractivity contribution is 0.0960. The van der Waals surface area contributed by atoms with Crippen molar-refractivity contribution in [2.24, 2.45) is 5.73 Å². The Labute approximate surface area is 110 Å². The Kier molecular flexibility index (Phi) is 4.80. The largest absolute Gasteiger partial charge is 0.468 e. The summed E-state index contributed by atoms with van der Waals surface area (Å²) in [6.45, 7) is 10.7. The van der Waals surface area contributed by atoms with Gasteiger partial charge in [-0.2, -0.15) is 0 Å². The van der Waals surface area contributed by atoms with Crippen molar-refractivity contribution in [1.82, 2.24) is 9.80 Å². The van der Waals surface area contributed by atoms with Crippen LogP contribution in [0.5, 0.6) is 0 Å². The zero-order chi connectivity index (χ0) is 13.0. The second kappa shape index (κ2) is 6.36. The molecule has 1 aromatic heterocycles. The van der Waals surface area contributed by atoms with E-state index < -0.39 is 0 Å². The van der Waals surface area contributed by atoms with Crippen molar-refractivity contribution in [2.45, 2.75) is 39.4 Å². The number of piperazine rings is 1. The molecule has 1 aromatic rings. The number of hydrogen-bond donors (Lipinski definition) is 1. The van der Waals surface area contributed by atoms with Crippen molar-refractivity contribution >= 4 is 0 Å². The van der Waals surface area contributed by atoms with Gasteiger partial charge in [0.1, 0.15) is 5.76 Å². The minimum Gasteiger partial charge on any atom is -0.468 e. The Bertz CT molecular complexity index is 356. The van der Waals surface area contributed by atoms with E-state index in [0.29, 0.717) is 12.6 Å². The van der Waals surface area contributed by atoms with Crippen LogP contribution in [0.2, 0.25) is 0 Å². The quantitative estimate of drug-likeness (QED) is 0.864. The average Bonchev–Trinajstić information content (AvgIpc) is 2.86. The minimum atomic E-state index is 0.495. The molecule has 4 heteroatoms. The van der Waals surface area contributed by atoms with Crippen LogP contribution in [0.3, 0.4) is 0 Å². The van der Waals surface area contributed by atoms with Crippen LogP contribution >= 0.6 is 0 Å². The van der Waals surface area contributed by atoms with E-state index in [1.807, 2.05) is 6.07 Å². The highest BCUT2D eigenvalue weighted by molar-refractivity contribution is 5.16. The van der Waals surface area contributed by atoms with Crippen molar-refractivity contribution in [1.29, 1.82) is 0 Å². The number of rotatable bonds is 5. The summed E-state index contributed by atoms with van der Waals surface area (Å²) in [5.41, 5.74) is 6.90. The first-order valence-electron chi connectivity index (χ1n) is 6.96. The van der Waals surface area contributed by atoms with E-state index in [2.05, 4.69) is 23.6 Å². The van der Waals surface area contributed by atoms with Gasteiger partial charge in [0.25, 0.3) is 0 Å². The topological polar surface area (TPSA) is 45.6 Å². The highest BCUT2D eigenvalue weighted by Gasteiger charge is 2.20. The van der Waals surface area contributed by atoms with Crippen molar-refractivity contribution in [2.75, 3.05) is 26.2 Å². The van der Waals surface area contributed by atoms with Gasteiger partial charge in [0.15, 0.2) is 0 Å². The lowest BCUT2D eigenvalue weighted by Gasteiger charge is -2.37. The van der Waals surface area contributed by atoms with Gasteiger partial charge in [0.2, 0.25) is 0 Å². The first kappa shape index (κ1) is 13.6. The number of nitrogens with two attached hydrogens (primary N) is 1.